The number of sulfonamides is 1. The summed E-state index contributed by atoms with van der Waals surface area (Å²) >= 11 is 5.94. The summed E-state index contributed by atoms with van der Waals surface area (Å²) in [4.78, 5) is 12.6. The van der Waals surface area contributed by atoms with Gasteiger partial charge in [-0.1, -0.05) is 17.7 Å². The third-order valence-electron chi connectivity index (χ3n) is 4.67. The number of carbonyl (C=O) groups is 1. The summed E-state index contributed by atoms with van der Waals surface area (Å²) in [7, 11) is -3.71. The van der Waals surface area contributed by atoms with Crippen LogP contribution in [0.15, 0.2) is 47.4 Å². The van der Waals surface area contributed by atoms with Crippen molar-refractivity contribution in [3.63, 3.8) is 0 Å². The number of amides is 1. The standard InChI is InChI=1S/C21H25ClN2O5S/c1-3-28-19-10-9-17(14-20(19)30(26,27)24-11-4-5-12-24)23-21(25)15(2)29-18-8-6-7-16(22)13-18/h6-10,13-15H,3-5,11-12H2,1-2H3,(H,23,25)/t15-/m0/s1. The van der Waals surface area contributed by atoms with Crippen molar-refractivity contribution in [3.8, 4) is 11.5 Å². The highest BCUT2D eigenvalue weighted by Gasteiger charge is 2.30. The van der Waals surface area contributed by atoms with E-state index in [9.17, 15) is 13.2 Å². The average molecular weight is 453 g/mol. The molecule has 9 heteroatoms. The Labute approximate surface area is 182 Å². The molecule has 0 radical (unpaired) electrons. The van der Waals surface area contributed by atoms with Crippen molar-refractivity contribution in [2.24, 2.45) is 0 Å². The SMILES string of the molecule is CCOc1ccc(NC(=O)[C@H](C)Oc2cccc(Cl)c2)cc1S(=O)(=O)N1CCCC1. The monoisotopic (exact) mass is 452 g/mol. The quantitative estimate of drug-likeness (QED) is 0.656. The number of rotatable bonds is 8. The maximum atomic E-state index is 13.1. The third-order valence-corrected chi connectivity index (χ3v) is 6.83. The molecule has 7 nitrogen and oxygen atoms in total. The molecule has 1 heterocycles. The minimum Gasteiger partial charge on any atom is -0.492 e. The highest BCUT2D eigenvalue weighted by molar-refractivity contribution is 7.89. The summed E-state index contributed by atoms with van der Waals surface area (Å²) < 4.78 is 38.7. The van der Waals surface area contributed by atoms with Crippen LogP contribution in [-0.2, 0) is 14.8 Å². The molecule has 1 atom stereocenters. The maximum absolute atomic E-state index is 13.1. The van der Waals surface area contributed by atoms with Crippen molar-refractivity contribution in [1.29, 1.82) is 0 Å². The number of anilines is 1. The lowest BCUT2D eigenvalue weighted by molar-refractivity contribution is -0.122. The van der Waals surface area contributed by atoms with E-state index in [1.54, 1.807) is 50.2 Å². The van der Waals surface area contributed by atoms with Crippen molar-refractivity contribution >= 4 is 33.2 Å². The Hall–Kier alpha value is -2.29. The first-order chi connectivity index (χ1) is 14.3. The van der Waals surface area contributed by atoms with Gasteiger partial charge in [-0.2, -0.15) is 4.31 Å². The van der Waals surface area contributed by atoms with Crippen molar-refractivity contribution in [1.82, 2.24) is 4.31 Å². The normalized spacial score (nSPS) is 15.6. The molecule has 0 aromatic heterocycles. The van der Waals surface area contributed by atoms with Crippen LogP contribution in [0.5, 0.6) is 11.5 Å². The fourth-order valence-electron chi connectivity index (χ4n) is 3.17. The summed E-state index contributed by atoms with van der Waals surface area (Å²) in [6.45, 7) is 4.69. The summed E-state index contributed by atoms with van der Waals surface area (Å²) in [5, 5.41) is 3.22. The summed E-state index contributed by atoms with van der Waals surface area (Å²) in [5.74, 6) is 0.323. The lowest BCUT2D eigenvalue weighted by Gasteiger charge is -2.20. The smallest absolute Gasteiger partial charge is 0.265 e. The van der Waals surface area contributed by atoms with Gasteiger partial charge in [0.15, 0.2) is 6.10 Å². The van der Waals surface area contributed by atoms with Crippen molar-refractivity contribution in [3.05, 3.63) is 47.5 Å². The molecule has 2 aromatic rings. The molecule has 1 saturated heterocycles. The molecule has 0 spiro atoms. The summed E-state index contributed by atoms with van der Waals surface area (Å²) in [6.07, 6.45) is 0.851. The molecule has 0 saturated carbocycles. The van der Waals surface area contributed by atoms with Crippen LogP contribution in [-0.4, -0.2) is 44.4 Å². The molecule has 1 fully saturated rings. The Kier molecular flexibility index (Phi) is 7.23. The van der Waals surface area contributed by atoms with Crippen LogP contribution in [0.1, 0.15) is 26.7 Å². The van der Waals surface area contributed by atoms with Crippen LogP contribution in [0, 0.1) is 0 Å². The van der Waals surface area contributed by atoms with E-state index in [0.717, 1.165) is 12.8 Å². The minimum atomic E-state index is -3.71. The zero-order chi connectivity index (χ0) is 21.7. The Morgan fingerprint density at radius 3 is 2.60 bits per heavy atom. The molecule has 162 valence electrons. The number of ether oxygens (including phenoxy) is 2. The molecule has 1 aliphatic rings. The predicted octanol–water partition coefficient (Wildman–Crippen LogP) is 3.93. The third kappa shape index (κ3) is 5.24. The zero-order valence-corrected chi connectivity index (χ0v) is 18.5. The molecule has 2 aromatic carbocycles. The van der Waals surface area contributed by atoms with E-state index < -0.39 is 22.0 Å². The highest BCUT2D eigenvalue weighted by Crippen LogP contribution is 2.31. The van der Waals surface area contributed by atoms with Gasteiger partial charge in [-0.3, -0.25) is 4.79 Å². The van der Waals surface area contributed by atoms with Gasteiger partial charge in [0.05, 0.1) is 6.61 Å². The predicted molar refractivity (Wildman–Crippen MR) is 116 cm³/mol. The van der Waals surface area contributed by atoms with Crippen molar-refractivity contribution in [2.75, 3.05) is 25.0 Å². The second kappa shape index (κ2) is 9.68. The van der Waals surface area contributed by atoms with Gasteiger partial charge in [0, 0.05) is 23.8 Å². The van der Waals surface area contributed by atoms with Gasteiger partial charge in [-0.25, -0.2) is 8.42 Å². The number of benzene rings is 2. The molecule has 3 rings (SSSR count). The van der Waals surface area contributed by atoms with Crippen molar-refractivity contribution in [2.45, 2.75) is 37.7 Å². The Balaban J connectivity index is 1.79. The number of hydrogen-bond acceptors (Lipinski definition) is 5. The van der Waals surface area contributed by atoms with Crippen molar-refractivity contribution < 1.29 is 22.7 Å². The zero-order valence-electron chi connectivity index (χ0n) is 16.9. The van der Waals surface area contributed by atoms with Gasteiger partial charge in [-0.15, -0.1) is 0 Å². The average Bonchev–Trinajstić information content (AvgIpc) is 3.25. The van der Waals surface area contributed by atoms with E-state index in [-0.39, 0.29) is 10.6 Å². The van der Waals surface area contributed by atoms with Gasteiger partial charge >= 0.3 is 0 Å². The van der Waals surface area contributed by atoms with E-state index >= 15 is 0 Å². The number of hydrogen-bond donors (Lipinski definition) is 1. The molecule has 0 aliphatic carbocycles. The van der Waals surface area contributed by atoms with Crippen LogP contribution >= 0.6 is 11.6 Å². The van der Waals surface area contributed by atoms with Gasteiger partial charge in [0.25, 0.3) is 5.91 Å². The molecule has 1 aliphatic heterocycles. The van der Waals surface area contributed by atoms with E-state index in [4.69, 9.17) is 21.1 Å². The first-order valence-electron chi connectivity index (χ1n) is 9.81. The van der Waals surface area contributed by atoms with Crippen LogP contribution < -0.4 is 14.8 Å². The second-order valence-electron chi connectivity index (χ2n) is 6.91. The van der Waals surface area contributed by atoms with Gasteiger partial charge in [0.2, 0.25) is 10.0 Å². The van der Waals surface area contributed by atoms with Gasteiger partial charge in [-0.05, 0) is 63.1 Å². The first kappa shape index (κ1) is 22.4. The van der Waals surface area contributed by atoms with Gasteiger partial charge < -0.3 is 14.8 Å². The van der Waals surface area contributed by atoms with Crippen LogP contribution in [0.25, 0.3) is 0 Å². The number of halogens is 1. The summed E-state index contributed by atoms with van der Waals surface area (Å²) in [6, 6.07) is 11.4. The maximum Gasteiger partial charge on any atom is 0.265 e. The van der Waals surface area contributed by atoms with Crippen LogP contribution in [0.4, 0.5) is 5.69 Å². The van der Waals surface area contributed by atoms with E-state index in [2.05, 4.69) is 5.32 Å². The largest absolute Gasteiger partial charge is 0.492 e. The second-order valence-corrected chi connectivity index (χ2v) is 9.26. The Morgan fingerprint density at radius 2 is 1.93 bits per heavy atom. The minimum absolute atomic E-state index is 0.0486. The fourth-order valence-corrected chi connectivity index (χ4v) is 5.03. The van der Waals surface area contributed by atoms with Crippen LogP contribution in [0.3, 0.4) is 0 Å². The molecule has 1 N–H and O–H groups in total. The van der Waals surface area contributed by atoms with Crippen LogP contribution in [0.2, 0.25) is 5.02 Å². The fraction of sp³-hybridized carbons (Fsp3) is 0.381. The lowest BCUT2D eigenvalue weighted by Crippen LogP contribution is -2.31. The summed E-state index contributed by atoms with van der Waals surface area (Å²) in [5.41, 5.74) is 0.350. The van der Waals surface area contributed by atoms with Gasteiger partial charge in [0.1, 0.15) is 16.4 Å². The topological polar surface area (TPSA) is 84.9 Å². The molecular weight excluding hydrogens is 428 g/mol. The van der Waals surface area contributed by atoms with E-state index in [0.29, 0.717) is 36.2 Å². The van der Waals surface area contributed by atoms with E-state index in [1.165, 1.54) is 10.4 Å². The first-order valence-corrected chi connectivity index (χ1v) is 11.6. The van der Waals surface area contributed by atoms with E-state index in [1.807, 2.05) is 0 Å². The molecular formula is C21H25ClN2O5S. The number of nitrogens with zero attached hydrogens (tertiary/aromatic N) is 1. The molecule has 30 heavy (non-hydrogen) atoms. The molecule has 0 unspecified atom stereocenters. The molecule has 0 bridgehead atoms. The Bertz CT molecular complexity index is 1010. The number of carbonyl (C=O) groups excluding carboxylic acids is 1. The lowest BCUT2D eigenvalue weighted by atomic mass is 10.2. The highest BCUT2D eigenvalue weighted by atomic mass is 35.5. The number of nitrogens with one attached hydrogen (secondary N) is 1. The Morgan fingerprint density at radius 1 is 1.20 bits per heavy atom. The molecule has 1 amide bonds.